The largest absolute Gasteiger partial charge is 0.361 e. The Kier molecular flexibility index (Phi) is 3.86. The fourth-order valence-corrected chi connectivity index (χ4v) is 4.23. The number of imidazole rings is 1. The summed E-state index contributed by atoms with van der Waals surface area (Å²) in [5, 5.41) is 14.2. The lowest BCUT2D eigenvalue weighted by atomic mass is 10.1. The lowest BCUT2D eigenvalue weighted by molar-refractivity contribution is 0.264. The van der Waals surface area contributed by atoms with Gasteiger partial charge in [-0.05, 0) is 44.4 Å². The minimum atomic E-state index is -0.919. The van der Waals surface area contributed by atoms with E-state index in [0.717, 1.165) is 46.5 Å². The number of halogens is 1. The van der Waals surface area contributed by atoms with Gasteiger partial charge in [-0.25, -0.2) is 9.37 Å². The summed E-state index contributed by atoms with van der Waals surface area (Å²) in [6.45, 7) is 1.84. The van der Waals surface area contributed by atoms with Crippen molar-refractivity contribution in [3.63, 3.8) is 0 Å². The van der Waals surface area contributed by atoms with Gasteiger partial charge < -0.3 is 9.09 Å². The molecule has 3 aromatic heterocycles. The average Bonchev–Trinajstić information content (AvgIpc) is 3.39. The SMILES string of the molecule is Cc1cc(Cc2nc3cnc4ccc(C#N)cc4c3n2[C@@H]2CCC[C@@H]2F)no1. The van der Waals surface area contributed by atoms with Crippen LogP contribution in [0.15, 0.2) is 35.0 Å². The summed E-state index contributed by atoms with van der Waals surface area (Å²) in [6, 6.07) is 9.16. The molecular formula is C21H18FN5O. The number of pyridine rings is 1. The van der Waals surface area contributed by atoms with Crippen LogP contribution in [0.2, 0.25) is 0 Å². The van der Waals surface area contributed by atoms with Gasteiger partial charge in [0.15, 0.2) is 0 Å². The number of hydrogen-bond acceptors (Lipinski definition) is 5. The molecule has 0 aliphatic heterocycles. The molecule has 0 N–H and O–H groups in total. The van der Waals surface area contributed by atoms with Crippen LogP contribution in [0.25, 0.3) is 21.9 Å². The lowest BCUT2D eigenvalue weighted by Crippen LogP contribution is -2.17. The van der Waals surface area contributed by atoms with Gasteiger partial charge in [0, 0.05) is 11.5 Å². The molecule has 1 aliphatic rings. The average molecular weight is 375 g/mol. The minimum absolute atomic E-state index is 0.274. The molecule has 3 heterocycles. The summed E-state index contributed by atoms with van der Waals surface area (Å²) < 4.78 is 22.0. The van der Waals surface area contributed by atoms with Gasteiger partial charge >= 0.3 is 0 Å². The first-order valence-corrected chi connectivity index (χ1v) is 9.40. The van der Waals surface area contributed by atoms with Crippen LogP contribution < -0.4 is 0 Å². The summed E-state index contributed by atoms with van der Waals surface area (Å²) in [7, 11) is 0. The number of aromatic nitrogens is 4. The standard InChI is InChI=1S/C21H18FN5O/c1-12-7-14(26-28-12)9-20-25-18-11-24-17-6-5-13(10-23)8-15(17)21(18)27(20)19-4-2-3-16(19)22/h5-8,11,16,19H,2-4,9H2,1H3/t16-,19+/m0/s1. The summed E-state index contributed by atoms with van der Waals surface area (Å²) in [5.74, 6) is 1.47. The molecule has 0 spiro atoms. The van der Waals surface area contributed by atoms with E-state index in [4.69, 9.17) is 9.51 Å². The monoisotopic (exact) mass is 375 g/mol. The first-order chi connectivity index (χ1) is 13.6. The van der Waals surface area contributed by atoms with Crippen molar-refractivity contribution < 1.29 is 8.91 Å². The van der Waals surface area contributed by atoms with Gasteiger partial charge in [0.2, 0.25) is 0 Å². The molecule has 140 valence electrons. The zero-order valence-electron chi connectivity index (χ0n) is 15.4. The molecule has 1 fully saturated rings. The fraction of sp³-hybridized carbons (Fsp3) is 0.333. The summed E-state index contributed by atoms with van der Waals surface area (Å²) in [4.78, 5) is 9.25. The van der Waals surface area contributed by atoms with Gasteiger partial charge in [0.1, 0.15) is 23.3 Å². The van der Waals surface area contributed by atoms with Crippen molar-refractivity contribution in [3.8, 4) is 6.07 Å². The second-order valence-corrected chi connectivity index (χ2v) is 7.35. The number of rotatable bonds is 3. The number of fused-ring (bicyclic) bond motifs is 3. The van der Waals surface area contributed by atoms with Crippen LogP contribution in [-0.2, 0) is 6.42 Å². The maximum absolute atomic E-state index is 14.8. The first kappa shape index (κ1) is 16.9. The van der Waals surface area contributed by atoms with E-state index in [2.05, 4.69) is 16.2 Å². The van der Waals surface area contributed by atoms with Gasteiger partial charge in [-0.3, -0.25) is 4.98 Å². The maximum atomic E-state index is 14.8. The Morgan fingerprint density at radius 1 is 1.29 bits per heavy atom. The normalized spacial score (nSPS) is 19.5. The van der Waals surface area contributed by atoms with Crippen molar-refractivity contribution >= 4 is 21.9 Å². The quantitative estimate of drug-likeness (QED) is 0.530. The molecule has 1 aliphatic carbocycles. The summed E-state index contributed by atoms with van der Waals surface area (Å²) in [6.07, 6.45) is 3.42. The van der Waals surface area contributed by atoms with Crippen molar-refractivity contribution in [2.24, 2.45) is 0 Å². The number of benzene rings is 1. The minimum Gasteiger partial charge on any atom is -0.361 e. The van der Waals surface area contributed by atoms with E-state index in [1.165, 1.54) is 0 Å². The highest BCUT2D eigenvalue weighted by Gasteiger charge is 2.32. The van der Waals surface area contributed by atoms with Crippen LogP contribution in [0.4, 0.5) is 4.39 Å². The smallest absolute Gasteiger partial charge is 0.133 e. The third-order valence-corrected chi connectivity index (χ3v) is 5.46. The van der Waals surface area contributed by atoms with Crippen molar-refractivity contribution in [1.29, 1.82) is 5.26 Å². The second kappa shape index (κ2) is 6.41. The Labute approximate surface area is 160 Å². The number of nitrogens with zero attached hydrogens (tertiary/aromatic N) is 5. The molecule has 28 heavy (non-hydrogen) atoms. The van der Waals surface area contributed by atoms with E-state index in [9.17, 15) is 9.65 Å². The summed E-state index contributed by atoms with van der Waals surface area (Å²) >= 11 is 0. The molecule has 2 atom stereocenters. The molecule has 1 saturated carbocycles. The molecule has 0 amide bonds. The van der Waals surface area contributed by atoms with E-state index in [1.807, 2.05) is 29.7 Å². The molecule has 0 unspecified atom stereocenters. The number of alkyl halides is 1. The van der Waals surface area contributed by atoms with Crippen molar-refractivity contribution in [2.45, 2.75) is 44.8 Å². The third-order valence-electron chi connectivity index (χ3n) is 5.46. The van der Waals surface area contributed by atoms with Crippen LogP contribution in [0.1, 0.15) is 48.1 Å². The molecule has 6 nitrogen and oxygen atoms in total. The maximum Gasteiger partial charge on any atom is 0.133 e. The van der Waals surface area contributed by atoms with Gasteiger partial charge in [-0.15, -0.1) is 0 Å². The van der Waals surface area contributed by atoms with Gasteiger partial charge in [-0.1, -0.05) is 5.16 Å². The molecule has 1 aromatic carbocycles. The predicted molar refractivity (Wildman–Crippen MR) is 102 cm³/mol. The van der Waals surface area contributed by atoms with Gasteiger partial charge in [0.05, 0.1) is 47.0 Å². The van der Waals surface area contributed by atoms with E-state index in [0.29, 0.717) is 23.9 Å². The number of hydrogen-bond donors (Lipinski definition) is 0. The molecule has 0 radical (unpaired) electrons. The van der Waals surface area contributed by atoms with Crippen LogP contribution in [0, 0.1) is 18.3 Å². The van der Waals surface area contributed by atoms with E-state index >= 15 is 0 Å². The first-order valence-electron chi connectivity index (χ1n) is 9.40. The highest BCUT2D eigenvalue weighted by Crippen LogP contribution is 2.38. The van der Waals surface area contributed by atoms with Crippen LogP contribution in [-0.4, -0.2) is 25.9 Å². The van der Waals surface area contributed by atoms with Crippen LogP contribution in [0.3, 0.4) is 0 Å². The Balaban J connectivity index is 1.79. The molecule has 4 aromatic rings. The Hall–Kier alpha value is -3.27. The van der Waals surface area contributed by atoms with Crippen molar-refractivity contribution in [3.05, 3.63) is 53.3 Å². The van der Waals surface area contributed by atoms with E-state index in [-0.39, 0.29) is 6.04 Å². The van der Waals surface area contributed by atoms with Crippen molar-refractivity contribution in [1.82, 2.24) is 19.7 Å². The zero-order chi connectivity index (χ0) is 19.3. The number of aryl methyl sites for hydroxylation is 1. The van der Waals surface area contributed by atoms with Gasteiger partial charge in [0.25, 0.3) is 0 Å². The van der Waals surface area contributed by atoms with Crippen LogP contribution >= 0.6 is 0 Å². The summed E-state index contributed by atoms with van der Waals surface area (Å²) in [5.41, 5.74) is 3.62. The topological polar surface area (TPSA) is 80.5 Å². The molecular weight excluding hydrogens is 357 g/mol. The third kappa shape index (κ3) is 2.64. The highest BCUT2D eigenvalue weighted by molar-refractivity contribution is 6.03. The zero-order valence-corrected chi connectivity index (χ0v) is 15.4. The molecule has 5 rings (SSSR count). The Morgan fingerprint density at radius 3 is 2.89 bits per heavy atom. The van der Waals surface area contributed by atoms with Crippen molar-refractivity contribution in [2.75, 3.05) is 0 Å². The fourth-order valence-electron chi connectivity index (χ4n) is 4.23. The Bertz CT molecular complexity index is 1240. The van der Waals surface area contributed by atoms with E-state index in [1.54, 1.807) is 12.3 Å². The van der Waals surface area contributed by atoms with Gasteiger partial charge in [-0.2, -0.15) is 5.26 Å². The number of nitriles is 1. The molecule has 0 bridgehead atoms. The molecule has 7 heteroatoms. The van der Waals surface area contributed by atoms with Crippen LogP contribution in [0.5, 0.6) is 0 Å². The Morgan fingerprint density at radius 2 is 2.18 bits per heavy atom. The van der Waals surface area contributed by atoms with E-state index < -0.39 is 6.17 Å². The predicted octanol–water partition coefficient (Wildman–Crippen LogP) is 4.41. The molecule has 0 saturated heterocycles. The lowest BCUT2D eigenvalue weighted by Gasteiger charge is -2.19. The highest BCUT2D eigenvalue weighted by atomic mass is 19.1. The second-order valence-electron chi connectivity index (χ2n) is 7.35.